The summed E-state index contributed by atoms with van der Waals surface area (Å²) in [5.41, 5.74) is 0.378. The molecule has 0 atom stereocenters. The molecule has 0 bridgehead atoms. The SMILES string of the molecule is Cl[C]1COc2ccccc2O1. The highest BCUT2D eigenvalue weighted by molar-refractivity contribution is 6.26. The van der Waals surface area contributed by atoms with Gasteiger partial charge in [-0.05, 0) is 12.1 Å². The van der Waals surface area contributed by atoms with E-state index in [1.807, 2.05) is 24.3 Å². The van der Waals surface area contributed by atoms with Crippen LogP contribution in [0.3, 0.4) is 0 Å². The summed E-state index contributed by atoms with van der Waals surface area (Å²) in [7, 11) is 0. The third kappa shape index (κ3) is 1.26. The Hall–Kier alpha value is -0.890. The average molecular weight is 170 g/mol. The van der Waals surface area contributed by atoms with Crippen molar-refractivity contribution in [3.8, 4) is 11.5 Å². The van der Waals surface area contributed by atoms with E-state index in [0.717, 1.165) is 5.75 Å². The zero-order valence-corrected chi connectivity index (χ0v) is 6.47. The van der Waals surface area contributed by atoms with Crippen LogP contribution in [0, 0.1) is 5.56 Å². The fourth-order valence-electron chi connectivity index (χ4n) is 0.937. The summed E-state index contributed by atoms with van der Waals surface area (Å²) < 4.78 is 10.4. The van der Waals surface area contributed by atoms with Gasteiger partial charge in [0.25, 0.3) is 5.56 Å². The van der Waals surface area contributed by atoms with Crippen molar-refractivity contribution < 1.29 is 9.47 Å². The van der Waals surface area contributed by atoms with Crippen LogP contribution in [0.5, 0.6) is 11.5 Å². The highest BCUT2D eigenvalue weighted by atomic mass is 35.5. The third-order valence-corrected chi connectivity index (χ3v) is 1.60. The minimum absolute atomic E-state index is 0.332. The Labute approximate surface area is 69.7 Å². The van der Waals surface area contributed by atoms with Gasteiger partial charge in [0.05, 0.1) is 0 Å². The molecule has 0 spiro atoms. The van der Waals surface area contributed by atoms with Gasteiger partial charge in [-0.3, -0.25) is 0 Å². The van der Waals surface area contributed by atoms with Gasteiger partial charge in [0.2, 0.25) is 0 Å². The van der Waals surface area contributed by atoms with Gasteiger partial charge in [-0.15, -0.1) is 0 Å². The molecule has 1 heterocycles. The van der Waals surface area contributed by atoms with E-state index in [1.54, 1.807) is 0 Å². The molecule has 1 aromatic carbocycles. The van der Waals surface area contributed by atoms with E-state index >= 15 is 0 Å². The van der Waals surface area contributed by atoms with Gasteiger partial charge in [-0.1, -0.05) is 23.7 Å². The molecule has 0 N–H and O–H groups in total. The fraction of sp³-hybridized carbons (Fsp3) is 0.125. The molecule has 11 heavy (non-hydrogen) atoms. The second-order valence-electron chi connectivity index (χ2n) is 2.19. The lowest BCUT2D eigenvalue weighted by Crippen LogP contribution is -2.16. The normalized spacial score (nSPS) is 16.5. The molecular weight excluding hydrogens is 164 g/mol. The van der Waals surface area contributed by atoms with Gasteiger partial charge in [0.15, 0.2) is 11.5 Å². The molecule has 0 aromatic heterocycles. The van der Waals surface area contributed by atoms with Gasteiger partial charge in [0, 0.05) is 0 Å². The highest BCUT2D eigenvalue weighted by Gasteiger charge is 2.18. The summed E-state index contributed by atoms with van der Waals surface area (Å²) in [6, 6.07) is 7.43. The van der Waals surface area contributed by atoms with Crippen molar-refractivity contribution in [3.63, 3.8) is 0 Å². The second-order valence-corrected chi connectivity index (χ2v) is 2.61. The summed E-state index contributed by atoms with van der Waals surface area (Å²) in [6.45, 7) is 0.332. The average Bonchev–Trinajstić information content (AvgIpc) is 2.04. The lowest BCUT2D eigenvalue weighted by molar-refractivity contribution is 0.207. The molecule has 0 amide bonds. The van der Waals surface area contributed by atoms with Crippen LogP contribution >= 0.6 is 11.6 Å². The lowest BCUT2D eigenvalue weighted by Gasteiger charge is -2.20. The molecule has 1 aliphatic heterocycles. The van der Waals surface area contributed by atoms with Crippen LogP contribution in [-0.4, -0.2) is 6.61 Å². The first-order chi connectivity index (χ1) is 5.36. The van der Waals surface area contributed by atoms with E-state index < -0.39 is 0 Å². The Balaban J connectivity index is 2.34. The lowest BCUT2D eigenvalue weighted by atomic mass is 10.3. The van der Waals surface area contributed by atoms with Crippen molar-refractivity contribution in [2.24, 2.45) is 0 Å². The first kappa shape index (κ1) is 6.80. The molecular formula is C8H6ClO2. The Morgan fingerprint density at radius 2 is 1.91 bits per heavy atom. The first-order valence-corrected chi connectivity index (χ1v) is 3.65. The van der Waals surface area contributed by atoms with Crippen molar-refractivity contribution in [2.75, 3.05) is 6.61 Å². The highest BCUT2D eigenvalue weighted by Crippen LogP contribution is 2.33. The maximum absolute atomic E-state index is 5.61. The number of rotatable bonds is 0. The van der Waals surface area contributed by atoms with Gasteiger partial charge in [-0.2, -0.15) is 0 Å². The zero-order chi connectivity index (χ0) is 7.68. The number of halogens is 1. The minimum Gasteiger partial charge on any atom is -0.484 e. The van der Waals surface area contributed by atoms with Crippen molar-refractivity contribution in [1.82, 2.24) is 0 Å². The number of para-hydroxylation sites is 2. The fourth-order valence-corrected chi connectivity index (χ4v) is 1.07. The predicted molar refractivity (Wildman–Crippen MR) is 41.7 cm³/mol. The summed E-state index contributed by atoms with van der Waals surface area (Å²) in [5, 5.41) is 0. The van der Waals surface area contributed by atoms with E-state index in [2.05, 4.69) is 0 Å². The Bertz CT molecular complexity index is 262. The Kier molecular flexibility index (Phi) is 1.62. The minimum atomic E-state index is 0.332. The summed E-state index contributed by atoms with van der Waals surface area (Å²) in [6.07, 6.45) is 0. The van der Waals surface area contributed by atoms with E-state index in [0.29, 0.717) is 17.9 Å². The largest absolute Gasteiger partial charge is 0.484 e. The smallest absolute Gasteiger partial charge is 0.273 e. The summed E-state index contributed by atoms with van der Waals surface area (Å²) in [4.78, 5) is 0. The van der Waals surface area contributed by atoms with E-state index in [9.17, 15) is 0 Å². The van der Waals surface area contributed by atoms with Gasteiger partial charge in [0.1, 0.15) is 6.61 Å². The second kappa shape index (κ2) is 2.62. The molecule has 1 aromatic rings. The number of ether oxygens (including phenoxy) is 2. The first-order valence-electron chi connectivity index (χ1n) is 3.27. The van der Waals surface area contributed by atoms with Crippen LogP contribution in [0.1, 0.15) is 0 Å². The van der Waals surface area contributed by atoms with Gasteiger partial charge >= 0.3 is 0 Å². The number of benzene rings is 1. The number of hydrogen-bond acceptors (Lipinski definition) is 2. The van der Waals surface area contributed by atoms with Crippen LogP contribution in [0.25, 0.3) is 0 Å². The molecule has 2 nitrogen and oxygen atoms in total. The molecule has 0 unspecified atom stereocenters. The monoisotopic (exact) mass is 169 g/mol. The topological polar surface area (TPSA) is 18.5 Å². The molecule has 1 radical (unpaired) electrons. The van der Waals surface area contributed by atoms with Crippen molar-refractivity contribution in [3.05, 3.63) is 29.8 Å². The number of hydrogen-bond donors (Lipinski definition) is 0. The molecule has 0 fully saturated rings. The van der Waals surface area contributed by atoms with Crippen LogP contribution < -0.4 is 9.47 Å². The standard InChI is InChI=1S/C8H6ClO2/c9-8-5-10-6-3-1-2-4-7(6)11-8/h1-4H,5H2. The maximum Gasteiger partial charge on any atom is 0.273 e. The zero-order valence-electron chi connectivity index (χ0n) is 5.71. The maximum atomic E-state index is 5.61. The summed E-state index contributed by atoms with van der Waals surface area (Å²) >= 11 is 5.61. The molecule has 1 aliphatic rings. The molecule has 0 saturated heterocycles. The Morgan fingerprint density at radius 1 is 1.18 bits per heavy atom. The molecule has 57 valence electrons. The van der Waals surface area contributed by atoms with Crippen LogP contribution in [0.4, 0.5) is 0 Å². The molecule has 0 aliphatic carbocycles. The van der Waals surface area contributed by atoms with Gasteiger partial charge < -0.3 is 9.47 Å². The Morgan fingerprint density at radius 3 is 2.73 bits per heavy atom. The van der Waals surface area contributed by atoms with E-state index in [-0.39, 0.29) is 0 Å². The van der Waals surface area contributed by atoms with Crippen molar-refractivity contribution >= 4 is 11.6 Å². The van der Waals surface area contributed by atoms with E-state index in [4.69, 9.17) is 21.1 Å². The predicted octanol–water partition coefficient (Wildman–Crippen LogP) is 2.19. The third-order valence-electron chi connectivity index (χ3n) is 1.41. The van der Waals surface area contributed by atoms with Crippen LogP contribution in [-0.2, 0) is 0 Å². The van der Waals surface area contributed by atoms with Crippen LogP contribution in [0.15, 0.2) is 24.3 Å². The van der Waals surface area contributed by atoms with Crippen molar-refractivity contribution in [1.29, 1.82) is 0 Å². The number of fused-ring (bicyclic) bond motifs is 1. The van der Waals surface area contributed by atoms with Crippen LogP contribution in [0.2, 0.25) is 0 Å². The summed E-state index contributed by atoms with van der Waals surface area (Å²) in [5.74, 6) is 1.43. The quantitative estimate of drug-likeness (QED) is 0.593. The molecule has 2 rings (SSSR count). The van der Waals surface area contributed by atoms with E-state index in [1.165, 1.54) is 0 Å². The van der Waals surface area contributed by atoms with Gasteiger partial charge in [-0.25, -0.2) is 0 Å². The molecule has 0 saturated carbocycles. The van der Waals surface area contributed by atoms with Crippen molar-refractivity contribution in [2.45, 2.75) is 0 Å². The molecule has 3 heteroatoms.